The van der Waals surface area contributed by atoms with Crippen LogP contribution in [0.5, 0.6) is 23.5 Å². The zero-order valence-electron chi connectivity index (χ0n) is 77.0. The molecule has 0 spiro atoms. The van der Waals surface area contributed by atoms with Crippen LogP contribution >= 0.6 is 0 Å². The summed E-state index contributed by atoms with van der Waals surface area (Å²) in [7, 11) is 12.8. The van der Waals surface area contributed by atoms with Crippen molar-refractivity contribution in [3.05, 3.63) is 235 Å². The molecule has 4 aliphatic rings. The highest BCUT2D eigenvalue weighted by Crippen LogP contribution is 2.42. The van der Waals surface area contributed by atoms with E-state index in [1.54, 1.807) is 131 Å². The smallest absolute Gasteiger partial charge is 0.340 e. The number of nitrogens with two attached hydrogens (primary N) is 4. The van der Waals surface area contributed by atoms with Gasteiger partial charge < -0.3 is 79.8 Å². The van der Waals surface area contributed by atoms with Crippen LogP contribution in [0, 0.1) is 0 Å². The number of nitrogens with zero attached hydrogens (tertiary/aromatic N) is 12. The number of ether oxygens (including phenoxy) is 12. The van der Waals surface area contributed by atoms with E-state index in [9.17, 15) is 19.2 Å². The van der Waals surface area contributed by atoms with Crippen molar-refractivity contribution in [1.82, 2.24) is 59.8 Å². The van der Waals surface area contributed by atoms with E-state index in [2.05, 4.69) is 39.9 Å². The van der Waals surface area contributed by atoms with Gasteiger partial charge in [0.05, 0.1) is 144 Å². The number of rotatable bonds is 24. The number of cyclic esters (lactones) is 4. The number of esters is 4. The van der Waals surface area contributed by atoms with Crippen molar-refractivity contribution in [1.29, 1.82) is 0 Å². The van der Waals surface area contributed by atoms with Crippen molar-refractivity contribution < 1.29 is 76.0 Å². The lowest BCUT2D eigenvalue weighted by atomic mass is 9.84. The predicted octanol–water partition coefficient (Wildman–Crippen LogP) is 12.8. The average Bonchev–Trinajstić information content (AvgIpc) is 0.750. The molecule has 32 heteroatoms. The Hall–Kier alpha value is -12.4. The van der Waals surface area contributed by atoms with E-state index in [1.165, 1.54) is 0 Å². The lowest BCUT2D eigenvalue weighted by molar-refractivity contribution is -0.0191. The molecule has 16 rings (SSSR count). The fraction of sp³-hybridized carbons (Fsp3) is 0.423. The molecule has 4 aliphatic heterocycles. The molecular formula is C97H114N16O16. The monoisotopic (exact) mass is 1760 g/mol. The van der Waals surface area contributed by atoms with Crippen LogP contribution in [-0.2, 0) is 85.7 Å². The van der Waals surface area contributed by atoms with Crippen molar-refractivity contribution in [2.45, 2.75) is 185 Å². The number of hydrogen-bond acceptors (Lipinski definition) is 32. The SMILES string of the molecule is COC[C@@](C)(N)c1cnc(OC)c2cnc(Cc3ccc4c(n3)[C@@H](C)C(C)(C)OC4=O)cc12.COC[C@@](C)(N)c1cnc(OC)c2cnc(Cc3ccc4c(n3)[C@H](C)[C@H](C)OC4=O)cc12.COC[C@](C)(N)c1cnc(OC)c2cnc(Cc3ccc4c(n3)[C@@H](C)[C@@H](C)OC4=O)cc12.COC[C@](C)(N)c1cnc(OC)c2cnc(Cc3ccc4c(n3)[C@H](C)[C@H](C)OC4=O)cc12. The van der Waals surface area contributed by atoms with Gasteiger partial charge >= 0.3 is 23.9 Å². The summed E-state index contributed by atoms with van der Waals surface area (Å²) in [6.45, 7) is 26.5. The highest BCUT2D eigenvalue weighted by atomic mass is 16.6. The minimum atomic E-state index is -0.740. The molecule has 12 aromatic heterocycles. The van der Waals surface area contributed by atoms with Crippen LogP contribution in [0.4, 0.5) is 0 Å². The van der Waals surface area contributed by atoms with Gasteiger partial charge in [0, 0.05) is 195 Å². The van der Waals surface area contributed by atoms with Gasteiger partial charge in [0.2, 0.25) is 23.5 Å². The van der Waals surface area contributed by atoms with Crippen LogP contribution in [0.15, 0.2) is 122 Å². The third-order valence-electron chi connectivity index (χ3n) is 24.5. The van der Waals surface area contributed by atoms with E-state index in [1.807, 2.05) is 139 Å². The van der Waals surface area contributed by atoms with Crippen LogP contribution in [0.2, 0.25) is 0 Å². The third kappa shape index (κ3) is 19.8. The van der Waals surface area contributed by atoms with Crippen molar-refractivity contribution in [2.24, 2.45) is 22.9 Å². The summed E-state index contributed by atoms with van der Waals surface area (Å²) in [6.07, 6.45) is 15.4. The molecule has 678 valence electrons. The van der Waals surface area contributed by atoms with Crippen LogP contribution in [0.1, 0.15) is 246 Å². The molecule has 12 aromatic rings. The summed E-state index contributed by atoms with van der Waals surface area (Å²) in [4.78, 5) is 104. The molecule has 0 saturated carbocycles. The van der Waals surface area contributed by atoms with Crippen LogP contribution in [-0.4, -0.2) is 191 Å². The first-order chi connectivity index (χ1) is 61.3. The van der Waals surface area contributed by atoms with Gasteiger partial charge in [-0.1, -0.05) is 27.7 Å². The number of carbonyl (C=O) groups is 4. The second kappa shape index (κ2) is 38.5. The van der Waals surface area contributed by atoms with Gasteiger partial charge in [-0.05, 0) is 157 Å². The zero-order valence-corrected chi connectivity index (χ0v) is 77.0. The Bertz CT molecular complexity index is 5810. The summed E-state index contributed by atoms with van der Waals surface area (Å²) >= 11 is 0. The van der Waals surface area contributed by atoms with Crippen LogP contribution < -0.4 is 41.9 Å². The maximum absolute atomic E-state index is 12.4. The number of aromatic nitrogens is 12. The first-order valence-electron chi connectivity index (χ1n) is 42.6. The van der Waals surface area contributed by atoms with E-state index in [-0.39, 0.29) is 65.9 Å². The average molecular weight is 1760 g/mol. The van der Waals surface area contributed by atoms with Gasteiger partial charge in [0.15, 0.2) is 0 Å². The molecule has 0 radical (unpaired) electrons. The molecule has 0 unspecified atom stereocenters. The summed E-state index contributed by atoms with van der Waals surface area (Å²) < 4.78 is 64.8. The number of carbonyl (C=O) groups excluding carboxylic acids is 4. The minimum Gasteiger partial charge on any atom is -0.481 e. The van der Waals surface area contributed by atoms with Crippen molar-refractivity contribution >= 4 is 67.0 Å². The Morgan fingerprint density at radius 1 is 0.318 bits per heavy atom. The van der Waals surface area contributed by atoms with Crippen molar-refractivity contribution in [3.8, 4) is 23.5 Å². The molecule has 0 aromatic carbocycles. The molecule has 0 amide bonds. The number of fused-ring (bicyclic) bond motifs is 8. The normalized spacial score (nSPS) is 19.7. The number of methoxy groups -OCH3 is 8. The van der Waals surface area contributed by atoms with E-state index in [0.29, 0.717) is 97.9 Å². The van der Waals surface area contributed by atoms with Crippen LogP contribution in [0.3, 0.4) is 0 Å². The summed E-state index contributed by atoms with van der Waals surface area (Å²) in [6, 6.07) is 22.5. The highest BCUT2D eigenvalue weighted by molar-refractivity contribution is 5.96. The Labute approximate surface area is 749 Å². The topological polar surface area (TPSA) is 438 Å². The second-order valence-corrected chi connectivity index (χ2v) is 35.1. The van der Waals surface area contributed by atoms with Gasteiger partial charge in [-0.25, -0.2) is 39.1 Å². The largest absolute Gasteiger partial charge is 0.481 e. The van der Waals surface area contributed by atoms with Crippen molar-refractivity contribution in [3.63, 3.8) is 0 Å². The molecule has 32 nitrogen and oxygen atoms in total. The van der Waals surface area contributed by atoms with Gasteiger partial charge in [0.25, 0.3) is 0 Å². The highest BCUT2D eigenvalue weighted by Gasteiger charge is 2.42. The van der Waals surface area contributed by atoms with E-state index in [4.69, 9.17) is 99.7 Å². The Balaban J connectivity index is 0.000000147. The first kappa shape index (κ1) is 94.2. The Morgan fingerprint density at radius 2 is 0.550 bits per heavy atom. The fourth-order valence-corrected chi connectivity index (χ4v) is 16.6. The van der Waals surface area contributed by atoms with Gasteiger partial charge in [-0.15, -0.1) is 0 Å². The summed E-state index contributed by atoms with van der Waals surface area (Å²) in [5.41, 5.74) is 37.8. The maximum Gasteiger partial charge on any atom is 0.340 e. The fourth-order valence-electron chi connectivity index (χ4n) is 16.6. The molecule has 0 saturated heterocycles. The standard InChI is InChI=1S/C25H30N4O4.3C24H28N4O4/c1-14-21-17(23(30)33-24(14,2)3)8-7-15(29-21)9-16-10-18-19(11-27-16)22(32-6)28-12-20(18)25(4,26)13-31-5;3*1-13-14(2)32-23(29)17-7-6-15(28-21(13)17)8-16-9-18-19(10-26-16)22(31-5)27-11-20(18)24(3,25)12-30-4/h7-8,10-12,14H,9,13,26H2,1-6H3;3*6-7,9-11,13-14H,8,12,25H2,1-5H3/t14-,25-;13-,14+,24+;2*13-,14+,24-/m1110/s1. The summed E-state index contributed by atoms with van der Waals surface area (Å²) in [5.74, 6) is 0.724. The summed E-state index contributed by atoms with van der Waals surface area (Å²) in [5, 5.41) is 6.76. The molecule has 0 bridgehead atoms. The molecule has 0 aliphatic carbocycles. The zero-order chi connectivity index (χ0) is 93.1. The Kier molecular flexibility index (Phi) is 28.1. The lowest BCUT2D eigenvalue weighted by Gasteiger charge is -2.36. The molecule has 0 fully saturated rings. The van der Waals surface area contributed by atoms with Crippen molar-refractivity contribution in [2.75, 3.05) is 83.3 Å². The second-order valence-electron chi connectivity index (χ2n) is 35.1. The lowest BCUT2D eigenvalue weighted by Crippen LogP contribution is -2.39. The van der Waals surface area contributed by atoms with Gasteiger partial charge in [-0.3, -0.25) is 39.9 Å². The maximum atomic E-state index is 12.4. The van der Waals surface area contributed by atoms with E-state index >= 15 is 0 Å². The minimum absolute atomic E-state index is 0.0244. The quantitative estimate of drug-likeness (QED) is 0.0322. The molecule has 8 N–H and O–H groups in total. The van der Waals surface area contributed by atoms with E-state index in [0.717, 1.165) is 134 Å². The van der Waals surface area contributed by atoms with Gasteiger partial charge in [0.1, 0.15) is 23.9 Å². The predicted molar refractivity (Wildman–Crippen MR) is 484 cm³/mol. The third-order valence-corrected chi connectivity index (χ3v) is 24.5. The van der Waals surface area contributed by atoms with E-state index < -0.39 is 27.8 Å². The van der Waals surface area contributed by atoms with Gasteiger partial charge in [-0.2, -0.15) is 0 Å². The number of hydrogen-bond donors (Lipinski definition) is 4. The Morgan fingerprint density at radius 3 is 0.783 bits per heavy atom. The number of pyridine rings is 12. The van der Waals surface area contributed by atoms with Crippen LogP contribution in [0.25, 0.3) is 43.1 Å². The molecular weight excluding hydrogens is 1650 g/mol. The molecule has 129 heavy (non-hydrogen) atoms. The first-order valence-corrected chi connectivity index (χ1v) is 42.6. The molecule has 11 atom stereocenters. The molecule has 16 heterocycles.